The third-order valence-corrected chi connectivity index (χ3v) is 9.07. The fourth-order valence-corrected chi connectivity index (χ4v) is 6.58. The van der Waals surface area contributed by atoms with Crippen molar-refractivity contribution in [1.29, 1.82) is 0 Å². The number of benzene rings is 2. The molecule has 0 aliphatic rings. The zero-order valence-corrected chi connectivity index (χ0v) is 36.5. The molecule has 4 heterocycles. The summed E-state index contributed by atoms with van der Waals surface area (Å²) in [7, 11) is 0. The Morgan fingerprint density at radius 1 is 0.738 bits per heavy atom. The normalized spacial score (nSPS) is 11.8. The Hall–Kier alpha value is -5.30. The predicted molar refractivity (Wildman–Crippen MR) is 237 cm³/mol. The first kappa shape index (κ1) is 46.8. The first-order valence-corrected chi connectivity index (χ1v) is 20.9. The number of hydrogen-bond donors (Lipinski definition) is 4. The third kappa shape index (κ3) is 13.3. The average molecular weight is 844 g/mol. The number of nitrogens with zero attached hydrogens (tertiary/aromatic N) is 6. The first-order chi connectivity index (χ1) is 29.4. The van der Waals surface area contributed by atoms with E-state index in [1.165, 1.54) is 0 Å². The minimum Gasteiger partial charge on any atom is -0.389 e. The molecule has 0 saturated carbocycles. The standard InChI is InChI=1S/C24H35N5O5.C20H26N4O3/c1-5-32-13-14-34-12-11-25-23(30)28-22-20-21(17-9-7-8-10-18(17)26-22)29(16-24(3,4)31)19(27-20)15-33-6-2;1-4-26-9-10-27-12-17(25)23-20-18-19(24(13-21-18)11-14(2)3)15-7-5-6-8-16(15)22-20/h7-10,31H,5-6,11-16H2,1-4H3,(H2,25,26,28,30);5-8,13-14H,4,9-12H2,1-3H3,(H,22,23,25). The van der Waals surface area contributed by atoms with E-state index in [-0.39, 0.29) is 19.1 Å². The number of aromatic nitrogens is 6. The largest absolute Gasteiger partial charge is 0.389 e. The maximum atomic E-state index is 12.6. The fourth-order valence-electron chi connectivity index (χ4n) is 6.58. The van der Waals surface area contributed by atoms with E-state index < -0.39 is 11.6 Å². The van der Waals surface area contributed by atoms with Gasteiger partial charge < -0.3 is 48.6 Å². The highest BCUT2D eigenvalue weighted by molar-refractivity contribution is 6.10. The van der Waals surface area contributed by atoms with Crippen LogP contribution in [-0.4, -0.2) is 118 Å². The molecule has 4 aromatic heterocycles. The molecule has 0 radical (unpaired) electrons. The molecule has 17 heteroatoms. The average Bonchev–Trinajstić information content (AvgIpc) is 3.81. The van der Waals surface area contributed by atoms with Gasteiger partial charge in [-0.1, -0.05) is 50.2 Å². The van der Waals surface area contributed by atoms with Crippen molar-refractivity contribution in [2.24, 2.45) is 5.92 Å². The van der Waals surface area contributed by atoms with E-state index in [1.54, 1.807) is 13.8 Å². The molecule has 0 atom stereocenters. The highest BCUT2D eigenvalue weighted by Crippen LogP contribution is 2.32. The van der Waals surface area contributed by atoms with Crippen LogP contribution in [0.1, 0.15) is 54.3 Å². The molecule has 3 amide bonds. The second kappa shape index (κ2) is 23.1. The van der Waals surface area contributed by atoms with Crippen molar-refractivity contribution in [3.05, 3.63) is 60.7 Å². The van der Waals surface area contributed by atoms with Gasteiger partial charge in [0, 0.05) is 43.7 Å². The van der Waals surface area contributed by atoms with E-state index in [2.05, 4.69) is 49.3 Å². The molecule has 0 spiro atoms. The summed E-state index contributed by atoms with van der Waals surface area (Å²) >= 11 is 0. The van der Waals surface area contributed by atoms with Crippen molar-refractivity contribution < 1.29 is 38.4 Å². The van der Waals surface area contributed by atoms with Crippen molar-refractivity contribution in [2.75, 3.05) is 76.6 Å². The molecule has 0 aliphatic heterocycles. The lowest BCUT2D eigenvalue weighted by Gasteiger charge is -2.20. The summed E-state index contributed by atoms with van der Waals surface area (Å²) in [5.74, 6) is 1.68. The quantitative estimate of drug-likeness (QED) is 0.0558. The van der Waals surface area contributed by atoms with Crippen LogP contribution in [0.5, 0.6) is 0 Å². The molecule has 0 aliphatic carbocycles. The Kier molecular flexibility index (Phi) is 17.7. The zero-order chi connectivity index (χ0) is 43.8. The number of hydrogen-bond acceptors (Lipinski definition) is 12. The van der Waals surface area contributed by atoms with Gasteiger partial charge in [0.2, 0.25) is 0 Å². The second-order valence-electron chi connectivity index (χ2n) is 15.2. The Morgan fingerprint density at radius 3 is 1.95 bits per heavy atom. The van der Waals surface area contributed by atoms with Crippen LogP contribution in [0.15, 0.2) is 54.9 Å². The minimum absolute atomic E-state index is 0.0459. The van der Waals surface area contributed by atoms with E-state index in [0.29, 0.717) is 106 Å². The van der Waals surface area contributed by atoms with Gasteiger partial charge >= 0.3 is 6.03 Å². The van der Waals surface area contributed by atoms with Gasteiger partial charge in [0.15, 0.2) is 11.6 Å². The number of pyridine rings is 2. The SMILES string of the molecule is CCOCCOCC(=O)Nc1nc2ccccc2c2c1ncn2CC(C)C.CCOCCOCCNC(=O)Nc1nc2ccccc2c2c1nc(COCC)n2CC(C)(C)O. The summed E-state index contributed by atoms with van der Waals surface area (Å²) < 4.78 is 30.9. The Balaban J connectivity index is 0.000000237. The maximum Gasteiger partial charge on any atom is 0.320 e. The molecule has 0 unspecified atom stereocenters. The topological polar surface area (TPSA) is 198 Å². The first-order valence-electron chi connectivity index (χ1n) is 20.9. The summed E-state index contributed by atoms with van der Waals surface area (Å²) in [6.07, 6.45) is 1.81. The molecule has 4 N–H and O–H groups in total. The second-order valence-corrected chi connectivity index (χ2v) is 15.2. The van der Waals surface area contributed by atoms with Crippen molar-refractivity contribution in [3.63, 3.8) is 0 Å². The molecule has 6 rings (SSSR count). The molecule has 0 saturated heterocycles. The van der Waals surface area contributed by atoms with Crippen molar-refractivity contribution >= 4 is 67.4 Å². The number of rotatable bonds is 22. The van der Waals surface area contributed by atoms with Crippen LogP contribution in [0.4, 0.5) is 16.4 Å². The zero-order valence-electron chi connectivity index (χ0n) is 36.5. The van der Waals surface area contributed by atoms with E-state index in [1.807, 2.05) is 80.2 Å². The Labute approximate surface area is 356 Å². The highest BCUT2D eigenvalue weighted by atomic mass is 16.5. The van der Waals surface area contributed by atoms with Gasteiger partial charge in [-0.2, -0.15) is 0 Å². The number of carbonyl (C=O) groups excluding carboxylic acids is 2. The molecule has 0 bridgehead atoms. The van der Waals surface area contributed by atoms with Gasteiger partial charge in [-0.05, 0) is 52.7 Å². The van der Waals surface area contributed by atoms with Gasteiger partial charge in [0.25, 0.3) is 5.91 Å². The van der Waals surface area contributed by atoms with Gasteiger partial charge in [-0.15, -0.1) is 0 Å². The molecule has 61 heavy (non-hydrogen) atoms. The molecule has 17 nitrogen and oxygen atoms in total. The molecule has 330 valence electrons. The number of fused-ring (bicyclic) bond motifs is 6. The molecule has 6 aromatic rings. The number of para-hydroxylation sites is 2. The van der Waals surface area contributed by atoms with Crippen LogP contribution in [0.3, 0.4) is 0 Å². The summed E-state index contributed by atoms with van der Waals surface area (Å²) in [5, 5.41) is 20.9. The molecular weight excluding hydrogens is 783 g/mol. The van der Waals surface area contributed by atoms with Crippen LogP contribution >= 0.6 is 0 Å². The van der Waals surface area contributed by atoms with Crippen LogP contribution in [-0.2, 0) is 48.2 Å². The molecule has 2 aromatic carbocycles. The van der Waals surface area contributed by atoms with Crippen molar-refractivity contribution in [1.82, 2.24) is 34.4 Å². The third-order valence-electron chi connectivity index (χ3n) is 9.07. The number of nitrogens with one attached hydrogen (secondary N) is 3. The lowest BCUT2D eigenvalue weighted by atomic mass is 10.1. The fraction of sp³-hybridized carbons (Fsp3) is 0.500. The predicted octanol–water partition coefficient (Wildman–Crippen LogP) is 6.30. The smallest absolute Gasteiger partial charge is 0.320 e. The van der Waals surface area contributed by atoms with Crippen LogP contribution < -0.4 is 16.0 Å². The number of amides is 3. The Bertz CT molecular complexity index is 2340. The van der Waals surface area contributed by atoms with Crippen LogP contribution in [0.2, 0.25) is 0 Å². The van der Waals surface area contributed by atoms with Gasteiger partial charge in [0.05, 0.1) is 73.6 Å². The van der Waals surface area contributed by atoms with Crippen LogP contribution in [0.25, 0.3) is 43.9 Å². The lowest BCUT2D eigenvalue weighted by Crippen LogP contribution is -2.32. The van der Waals surface area contributed by atoms with Gasteiger partial charge in [0.1, 0.15) is 30.1 Å². The summed E-state index contributed by atoms with van der Waals surface area (Å²) in [4.78, 5) is 43.4. The van der Waals surface area contributed by atoms with Crippen LogP contribution in [0, 0.1) is 5.92 Å². The highest BCUT2D eigenvalue weighted by Gasteiger charge is 2.24. The number of anilines is 2. The number of imidazole rings is 2. The number of aliphatic hydroxyl groups is 1. The van der Waals surface area contributed by atoms with E-state index >= 15 is 0 Å². The number of ether oxygens (including phenoxy) is 5. The van der Waals surface area contributed by atoms with Crippen molar-refractivity contribution in [2.45, 2.75) is 73.8 Å². The van der Waals surface area contributed by atoms with Gasteiger partial charge in [-0.25, -0.2) is 24.7 Å². The molecule has 0 fully saturated rings. The summed E-state index contributed by atoms with van der Waals surface area (Å²) in [5.41, 5.74) is 3.57. The lowest BCUT2D eigenvalue weighted by molar-refractivity contribution is -0.121. The number of carbonyl (C=O) groups is 2. The molecular formula is C44H61N9O8. The Morgan fingerprint density at radius 2 is 1.33 bits per heavy atom. The summed E-state index contributed by atoms with van der Waals surface area (Å²) in [6, 6.07) is 15.2. The van der Waals surface area contributed by atoms with E-state index in [9.17, 15) is 14.7 Å². The van der Waals surface area contributed by atoms with Gasteiger partial charge in [-0.3, -0.25) is 10.1 Å². The van der Waals surface area contributed by atoms with E-state index in [4.69, 9.17) is 28.7 Å². The summed E-state index contributed by atoms with van der Waals surface area (Å²) in [6.45, 7) is 19.4. The number of urea groups is 1. The maximum absolute atomic E-state index is 12.6. The van der Waals surface area contributed by atoms with Crippen molar-refractivity contribution in [3.8, 4) is 0 Å². The van der Waals surface area contributed by atoms with E-state index in [0.717, 1.165) is 33.9 Å². The minimum atomic E-state index is -0.980. The monoisotopic (exact) mass is 843 g/mol.